The van der Waals surface area contributed by atoms with Crippen molar-refractivity contribution in [3.63, 3.8) is 0 Å². The van der Waals surface area contributed by atoms with Gasteiger partial charge in [0.05, 0.1) is 11.0 Å². The van der Waals surface area contributed by atoms with Crippen LogP contribution < -0.4 is 5.73 Å². The zero-order valence-electron chi connectivity index (χ0n) is 11.1. The molecule has 1 atom stereocenters. The molecule has 0 fully saturated rings. The first-order valence-corrected chi connectivity index (χ1v) is 7.33. The van der Waals surface area contributed by atoms with Crippen molar-refractivity contribution in [2.45, 2.75) is 12.5 Å². The lowest BCUT2D eigenvalue weighted by Crippen LogP contribution is -2.13. The molecule has 3 aromatic rings. The highest BCUT2D eigenvalue weighted by atomic mass is 79.9. The molecule has 1 heterocycles. The molecule has 0 saturated heterocycles. The van der Waals surface area contributed by atoms with E-state index >= 15 is 0 Å². The summed E-state index contributed by atoms with van der Waals surface area (Å²) in [4.78, 5) is 8.52. The molecular weight excluding hydrogens is 333 g/mol. The van der Waals surface area contributed by atoms with E-state index in [-0.39, 0.29) is 11.9 Å². The summed E-state index contributed by atoms with van der Waals surface area (Å²) < 4.78 is 13.8. The molecular formula is C16H13BrFN3. The lowest BCUT2D eigenvalue weighted by Gasteiger charge is -2.14. The minimum absolute atomic E-state index is 0.182. The fourth-order valence-electron chi connectivity index (χ4n) is 2.25. The van der Waals surface area contributed by atoms with Crippen LogP contribution in [0.15, 0.2) is 53.3 Å². The molecule has 1 unspecified atom stereocenters. The van der Waals surface area contributed by atoms with E-state index < -0.39 is 0 Å². The summed E-state index contributed by atoms with van der Waals surface area (Å²) in [6, 6.07) is 10.3. The van der Waals surface area contributed by atoms with Gasteiger partial charge in [-0.2, -0.15) is 0 Å². The third-order valence-corrected chi connectivity index (χ3v) is 4.11. The van der Waals surface area contributed by atoms with Gasteiger partial charge in [-0.3, -0.25) is 9.97 Å². The summed E-state index contributed by atoms with van der Waals surface area (Å²) in [6.45, 7) is 0. The van der Waals surface area contributed by atoms with E-state index in [2.05, 4.69) is 25.9 Å². The van der Waals surface area contributed by atoms with Crippen molar-refractivity contribution in [3.8, 4) is 0 Å². The maximum atomic E-state index is 13.1. The monoisotopic (exact) mass is 345 g/mol. The van der Waals surface area contributed by atoms with Gasteiger partial charge in [0.15, 0.2) is 0 Å². The Balaban J connectivity index is 1.87. The molecule has 21 heavy (non-hydrogen) atoms. The molecule has 0 spiro atoms. The van der Waals surface area contributed by atoms with Gasteiger partial charge in [-0.05, 0) is 41.8 Å². The van der Waals surface area contributed by atoms with Gasteiger partial charge in [-0.1, -0.05) is 28.1 Å². The van der Waals surface area contributed by atoms with Crippen molar-refractivity contribution in [1.82, 2.24) is 9.97 Å². The predicted octanol–water partition coefficient (Wildman–Crippen LogP) is 3.77. The molecule has 0 saturated carbocycles. The second-order valence-electron chi connectivity index (χ2n) is 4.85. The SMILES string of the molecule is NC(Cc1ccc(F)cc1Br)c1ccc2nccnc2c1. The normalized spacial score (nSPS) is 12.5. The van der Waals surface area contributed by atoms with Crippen LogP contribution in [-0.2, 0) is 6.42 Å². The van der Waals surface area contributed by atoms with E-state index in [9.17, 15) is 4.39 Å². The Morgan fingerprint density at radius 2 is 1.81 bits per heavy atom. The Kier molecular flexibility index (Phi) is 3.94. The van der Waals surface area contributed by atoms with Crippen LogP contribution in [-0.4, -0.2) is 9.97 Å². The molecule has 106 valence electrons. The molecule has 0 amide bonds. The summed E-state index contributed by atoms with van der Waals surface area (Å²) in [5.74, 6) is -0.264. The molecule has 5 heteroatoms. The molecule has 0 radical (unpaired) electrons. The number of nitrogens with two attached hydrogens (primary N) is 1. The van der Waals surface area contributed by atoms with Gasteiger partial charge in [0.1, 0.15) is 5.82 Å². The Hall–Kier alpha value is -1.85. The van der Waals surface area contributed by atoms with Gasteiger partial charge in [-0.25, -0.2) is 4.39 Å². The highest BCUT2D eigenvalue weighted by Gasteiger charge is 2.11. The molecule has 1 aromatic heterocycles. The quantitative estimate of drug-likeness (QED) is 0.785. The van der Waals surface area contributed by atoms with E-state index in [1.165, 1.54) is 12.1 Å². The molecule has 0 aliphatic heterocycles. The first-order chi connectivity index (χ1) is 10.1. The number of hydrogen-bond donors (Lipinski definition) is 1. The molecule has 3 rings (SSSR count). The van der Waals surface area contributed by atoms with Crippen molar-refractivity contribution in [2.75, 3.05) is 0 Å². The number of halogens is 2. The first-order valence-electron chi connectivity index (χ1n) is 6.53. The van der Waals surface area contributed by atoms with Gasteiger partial charge in [0.25, 0.3) is 0 Å². The Labute approximate surface area is 130 Å². The van der Waals surface area contributed by atoms with Crippen LogP contribution in [0.1, 0.15) is 17.2 Å². The number of benzene rings is 2. The molecule has 0 aliphatic carbocycles. The van der Waals surface area contributed by atoms with Crippen LogP contribution in [0, 0.1) is 5.82 Å². The summed E-state index contributed by atoms with van der Waals surface area (Å²) in [5.41, 5.74) is 9.89. The van der Waals surface area contributed by atoms with Crippen molar-refractivity contribution < 1.29 is 4.39 Å². The summed E-state index contributed by atoms with van der Waals surface area (Å²) in [6.07, 6.45) is 3.94. The number of hydrogen-bond acceptors (Lipinski definition) is 3. The molecule has 3 nitrogen and oxygen atoms in total. The number of rotatable bonds is 3. The topological polar surface area (TPSA) is 51.8 Å². The lowest BCUT2D eigenvalue weighted by molar-refractivity contribution is 0.624. The minimum atomic E-state index is -0.264. The average molecular weight is 346 g/mol. The predicted molar refractivity (Wildman–Crippen MR) is 84.3 cm³/mol. The molecule has 2 N–H and O–H groups in total. The van der Waals surface area contributed by atoms with Crippen molar-refractivity contribution in [2.24, 2.45) is 5.73 Å². The van der Waals surface area contributed by atoms with E-state index in [1.54, 1.807) is 18.5 Å². The number of aromatic nitrogens is 2. The van der Waals surface area contributed by atoms with E-state index in [0.717, 1.165) is 26.6 Å². The summed E-state index contributed by atoms with van der Waals surface area (Å²) in [7, 11) is 0. The van der Waals surface area contributed by atoms with Crippen LogP contribution in [0.5, 0.6) is 0 Å². The number of nitrogens with zero attached hydrogens (tertiary/aromatic N) is 2. The Morgan fingerprint density at radius 1 is 1.05 bits per heavy atom. The first kappa shape index (κ1) is 14.1. The zero-order valence-corrected chi connectivity index (χ0v) is 12.7. The standard InChI is InChI=1S/C16H13BrFN3/c17-13-9-12(18)3-1-10(13)7-14(19)11-2-4-15-16(8-11)21-6-5-20-15/h1-6,8-9,14H,7,19H2. The van der Waals surface area contributed by atoms with Crippen LogP contribution in [0.3, 0.4) is 0 Å². The van der Waals surface area contributed by atoms with Gasteiger partial charge in [0.2, 0.25) is 0 Å². The minimum Gasteiger partial charge on any atom is -0.324 e. The van der Waals surface area contributed by atoms with E-state index in [1.807, 2.05) is 18.2 Å². The van der Waals surface area contributed by atoms with Gasteiger partial charge in [0, 0.05) is 22.9 Å². The van der Waals surface area contributed by atoms with Crippen LogP contribution in [0.25, 0.3) is 11.0 Å². The van der Waals surface area contributed by atoms with E-state index in [0.29, 0.717) is 6.42 Å². The summed E-state index contributed by atoms with van der Waals surface area (Å²) >= 11 is 3.37. The average Bonchev–Trinajstić information content (AvgIpc) is 2.49. The van der Waals surface area contributed by atoms with Crippen molar-refractivity contribution in [3.05, 3.63) is 70.2 Å². The van der Waals surface area contributed by atoms with Crippen molar-refractivity contribution >= 4 is 27.0 Å². The maximum absolute atomic E-state index is 13.1. The van der Waals surface area contributed by atoms with Crippen LogP contribution in [0.4, 0.5) is 4.39 Å². The van der Waals surface area contributed by atoms with E-state index in [4.69, 9.17) is 5.73 Å². The van der Waals surface area contributed by atoms with Crippen LogP contribution in [0.2, 0.25) is 0 Å². The Bertz CT molecular complexity index is 791. The molecule has 0 bridgehead atoms. The fraction of sp³-hybridized carbons (Fsp3) is 0.125. The van der Waals surface area contributed by atoms with Crippen LogP contribution >= 0.6 is 15.9 Å². The zero-order chi connectivity index (χ0) is 14.8. The van der Waals surface area contributed by atoms with Crippen molar-refractivity contribution in [1.29, 1.82) is 0 Å². The second-order valence-corrected chi connectivity index (χ2v) is 5.71. The fourth-order valence-corrected chi connectivity index (χ4v) is 2.77. The summed E-state index contributed by atoms with van der Waals surface area (Å²) in [5, 5.41) is 0. The third-order valence-electron chi connectivity index (χ3n) is 3.38. The Morgan fingerprint density at radius 3 is 2.57 bits per heavy atom. The lowest BCUT2D eigenvalue weighted by atomic mass is 9.99. The van der Waals surface area contributed by atoms with Gasteiger partial charge in [-0.15, -0.1) is 0 Å². The van der Waals surface area contributed by atoms with Gasteiger partial charge >= 0.3 is 0 Å². The number of fused-ring (bicyclic) bond motifs is 1. The smallest absolute Gasteiger partial charge is 0.124 e. The van der Waals surface area contributed by atoms with Gasteiger partial charge < -0.3 is 5.73 Å². The molecule has 0 aliphatic rings. The largest absolute Gasteiger partial charge is 0.324 e. The molecule has 2 aromatic carbocycles. The third kappa shape index (κ3) is 3.09. The highest BCUT2D eigenvalue weighted by molar-refractivity contribution is 9.10. The highest BCUT2D eigenvalue weighted by Crippen LogP contribution is 2.24. The maximum Gasteiger partial charge on any atom is 0.124 e. The second kappa shape index (κ2) is 5.87.